The molecule has 1 atom stereocenters. The number of carbonyl (C=O) groups is 2. The molecule has 0 spiro atoms. The molecular weight excluding hydrogens is 256 g/mol. The van der Waals surface area contributed by atoms with Gasteiger partial charge in [0.05, 0.1) is 12.5 Å². The molecule has 1 saturated carbocycles. The van der Waals surface area contributed by atoms with E-state index in [0.29, 0.717) is 32.0 Å². The Labute approximate surface area is 121 Å². The lowest BCUT2D eigenvalue weighted by molar-refractivity contribution is -0.129. The summed E-state index contributed by atoms with van der Waals surface area (Å²) in [6.45, 7) is 2.43. The maximum Gasteiger partial charge on any atom is 0.225 e. The van der Waals surface area contributed by atoms with Gasteiger partial charge in [-0.05, 0) is 18.8 Å². The minimum absolute atomic E-state index is 0.0452. The van der Waals surface area contributed by atoms with E-state index >= 15 is 0 Å². The number of hydrogen-bond acceptors (Lipinski definition) is 3. The van der Waals surface area contributed by atoms with Crippen molar-refractivity contribution in [3.8, 4) is 0 Å². The average molecular weight is 282 g/mol. The van der Waals surface area contributed by atoms with Gasteiger partial charge < -0.3 is 15.0 Å². The topological polar surface area (TPSA) is 58.6 Å². The van der Waals surface area contributed by atoms with Crippen molar-refractivity contribution in [2.75, 3.05) is 33.4 Å². The Balaban J connectivity index is 1.71. The largest absolute Gasteiger partial charge is 0.383 e. The number of hydrogen-bond donors (Lipinski definition) is 1. The van der Waals surface area contributed by atoms with Crippen molar-refractivity contribution in [1.82, 2.24) is 10.2 Å². The van der Waals surface area contributed by atoms with Gasteiger partial charge in [0, 0.05) is 33.2 Å². The number of nitrogens with zero attached hydrogens (tertiary/aromatic N) is 1. The highest BCUT2D eigenvalue weighted by Crippen LogP contribution is 2.23. The van der Waals surface area contributed by atoms with Crippen LogP contribution in [0.2, 0.25) is 0 Å². The van der Waals surface area contributed by atoms with E-state index in [1.54, 1.807) is 12.0 Å². The second-order valence-corrected chi connectivity index (χ2v) is 5.98. The number of ether oxygens (including phenoxy) is 1. The molecule has 2 amide bonds. The Bertz CT molecular complexity index is 340. The van der Waals surface area contributed by atoms with Gasteiger partial charge in [0.25, 0.3) is 0 Å². The molecule has 20 heavy (non-hydrogen) atoms. The summed E-state index contributed by atoms with van der Waals surface area (Å²) in [4.78, 5) is 25.7. The van der Waals surface area contributed by atoms with Gasteiger partial charge in [0.2, 0.25) is 11.8 Å². The number of likely N-dealkylation sites (tertiary alicyclic amines) is 1. The minimum Gasteiger partial charge on any atom is -0.383 e. The molecular formula is C15H26N2O3. The first kappa shape index (κ1) is 15.3. The first-order valence-corrected chi connectivity index (χ1v) is 7.75. The standard InChI is InChI=1S/C15H26N2O3/c1-20-8-7-17-11-13(9-14(17)18)15(19)16-10-12-5-3-2-4-6-12/h12-13H,2-11H2,1H3,(H,16,19). The minimum atomic E-state index is -0.178. The Morgan fingerprint density at radius 3 is 2.80 bits per heavy atom. The van der Waals surface area contributed by atoms with Crippen molar-refractivity contribution >= 4 is 11.8 Å². The van der Waals surface area contributed by atoms with Crippen molar-refractivity contribution in [3.05, 3.63) is 0 Å². The highest BCUT2D eigenvalue weighted by Gasteiger charge is 2.34. The van der Waals surface area contributed by atoms with E-state index in [2.05, 4.69) is 5.32 Å². The van der Waals surface area contributed by atoms with Crippen molar-refractivity contribution in [2.45, 2.75) is 38.5 Å². The Morgan fingerprint density at radius 1 is 1.35 bits per heavy atom. The summed E-state index contributed by atoms with van der Waals surface area (Å²) in [6, 6.07) is 0. The molecule has 1 aliphatic carbocycles. The number of amides is 2. The molecule has 1 saturated heterocycles. The number of carbonyl (C=O) groups excluding carboxylic acids is 2. The molecule has 0 radical (unpaired) electrons. The lowest BCUT2D eigenvalue weighted by atomic mass is 9.89. The van der Waals surface area contributed by atoms with Crippen LogP contribution < -0.4 is 5.32 Å². The number of methoxy groups -OCH3 is 1. The molecule has 2 aliphatic rings. The van der Waals surface area contributed by atoms with Gasteiger partial charge in [-0.15, -0.1) is 0 Å². The highest BCUT2D eigenvalue weighted by atomic mass is 16.5. The summed E-state index contributed by atoms with van der Waals surface area (Å²) in [5.74, 6) is 0.570. The summed E-state index contributed by atoms with van der Waals surface area (Å²) >= 11 is 0. The summed E-state index contributed by atoms with van der Waals surface area (Å²) in [7, 11) is 1.62. The van der Waals surface area contributed by atoms with E-state index in [9.17, 15) is 9.59 Å². The van der Waals surface area contributed by atoms with Crippen LogP contribution in [0.5, 0.6) is 0 Å². The normalized spacial score (nSPS) is 24.1. The van der Waals surface area contributed by atoms with E-state index < -0.39 is 0 Å². The molecule has 2 rings (SSSR count). The predicted molar refractivity (Wildman–Crippen MR) is 76.1 cm³/mol. The predicted octanol–water partition coefficient (Wildman–Crippen LogP) is 1.18. The Hall–Kier alpha value is -1.10. The third kappa shape index (κ3) is 4.20. The fourth-order valence-corrected chi connectivity index (χ4v) is 3.15. The van der Waals surface area contributed by atoms with Crippen LogP contribution in [0.15, 0.2) is 0 Å². The zero-order valence-corrected chi connectivity index (χ0v) is 12.4. The third-order valence-corrected chi connectivity index (χ3v) is 4.44. The zero-order valence-electron chi connectivity index (χ0n) is 12.4. The van der Waals surface area contributed by atoms with Crippen molar-refractivity contribution in [3.63, 3.8) is 0 Å². The average Bonchev–Trinajstić information content (AvgIpc) is 2.85. The van der Waals surface area contributed by atoms with E-state index in [-0.39, 0.29) is 17.7 Å². The molecule has 1 unspecified atom stereocenters. The van der Waals surface area contributed by atoms with Crippen molar-refractivity contribution in [1.29, 1.82) is 0 Å². The second-order valence-electron chi connectivity index (χ2n) is 5.98. The lowest BCUT2D eigenvalue weighted by Gasteiger charge is -2.22. The number of nitrogens with one attached hydrogen (secondary N) is 1. The molecule has 2 fully saturated rings. The summed E-state index contributed by atoms with van der Waals surface area (Å²) in [6.07, 6.45) is 6.70. The van der Waals surface area contributed by atoms with Crippen molar-refractivity contribution < 1.29 is 14.3 Å². The van der Waals surface area contributed by atoms with Crippen LogP contribution in [0.4, 0.5) is 0 Å². The second kappa shape index (κ2) is 7.62. The van der Waals surface area contributed by atoms with Gasteiger partial charge in [-0.1, -0.05) is 19.3 Å². The van der Waals surface area contributed by atoms with Gasteiger partial charge in [-0.2, -0.15) is 0 Å². The molecule has 5 heteroatoms. The van der Waals surface area contributed by atoms with Crippen LogP contribution in [-0.4, -0.2) is 50.1 Å². The van der Waals surface area contributed by atoms with Gasteiger partial charge in [0.1, 0.15) is 0 Å². The molecule has 5 nitrogen and oxygen atoms in total. The highest BCUT2D eigenvalue weighted by molar-refractivity contribution is 5.89. The molecule has 0 aromatic rings. The molecule has 1 N–H and O–H groups in total. The van der Waals surface area contributed by atoms with Crippen LogP contribution >= 0.6 is 0 Å². The zero-order chi connectivity index (χ0) is 14.4. The smallest absolute Gasteiger partial charge is 0.225 e. The number of rotatable bonds is 6. The molecule has 0 aromatic carbocycles. The summed E-state index contributed by atoms with van der Waals surface area (Å²) in [5.41, 5.74) is 0. The van der Waals surface area contributed by atoms with E-state index in [1.807, 2.05) is 0 Å². The lowest BCUT2D eigenvalue weighted by Crippen LogP contribution is -2.36. The maximum absolute atomic E-state index is 12.1. The van der Waals surface area contributed by atoms with Gasteiger partial charge >= 0.3 is 0 Å². The van der Waals surface area contributed by atoms with Crippen LogP contribution in [0, 0.1) is 11.8 Å². The molecule has 0 aromatic heterocycles. The summed E-state index contributed by atoms with van der Waals surface area (Å²) < 4.78 is 4.98. The quantitative estimate of drug-likeness (QED) is 0.796. The van der Waals surface area contributed by atoms with Gasteiger partial charge in [0.15, 0.2) is 0 Å². The van der Waals surface area contributed by atoms with Gasteiger partial charge in [-0.3, -0.25) is 9.59 Å². The molecule has 1 heterocycles. The maximum atomic E-state index is 12.1. The fourth-order valence-electron chi connectivity index (χ4n) is 3.15. The molecule has 1 aliphatic heterocycles. The van der Waals surface area contributed by atoms with E-state index in [1.165, 1.54) is 32.1 Å². The third-order valence-electron chi connectivity index (χ3n) is 4.44. The summed E-state index contributed by atoms with van der Waals surface area (Å²) in [5, 5.41) is 3.04. The van der Waals surface area contributed by atoms with Crippen LogP contribution in [0.3, 0.4) is 0 Å². The first-order valence-electron chi connectivity index (χ1n) is 7.75. The van der Waals surface area contributed by atoms with Crippen LogP contribution in [-0.2, 0) is 14.3 Å². The van der Waals surface area contributed by atoms with E-state index in [4.69, 9.17) is 4.74 Å². The molecule has 0 bridgehead atoms. The fraction of sp³-hybridized carbons (Fsp3) is 0.867. The van der Waals surface area contributed by atoms with Crippen molar-refractivity contribution in [2.24, 2.45) is 11.8 Å². The van der Waals surface area contributed by atoms with Gasteiger partial charge in [-0.25, -0.2) is 0 Å². The Morgan fingerprint density at radius 2 is 2.10 bits per heavy atom. The van der Waals surface area contributed by atoms with Crippen LogP contribution in [0.1, 0.15) is 38.5 Å². The monoisotopic (exact) mass is 282 g/mol. The first-order chi connectivity index (χ1) is 9.70. The van der Waals surface area contributed by atoms with Crippen LogP contribution in [0.25, 0.3) is 0 Å². The van der Waals surface area contributed by atoms with E-state index in [0.717, 1.165) is 6.54 Å². The Kier molecular flexibility index (Phi) is 5.83. The molecule has 114 valence electrons. The SMILES string of the molecule is COCCN1CC(C(=O)NCC2CCCCC2)CC1=O.